The number of aliphatic hydroxyl groups excluding tert-OH is 1. The molecule has 4 aliphatic carbocycles. The molecule has 1 saturated carbocycles. The van der Waals surface area contributed by atoms with Crippen LogP contribution < -0.4 is 5.73 Å². The highest BCUT2D eigenvalue weighted by Gasteiger charge is 2.54. The zero-order chi connectivity index (χ0) is 14.8. The fraction of sp³-hybridized carbons (Fsp3) is 0.789. The van der Waals surface area contributed by atoms with Gasteiger partial charge >= 0.3 is 0 Å². The van der Waals surface area contributed by atoms with Gasteiger partial charge in [0.2, 0.25) is 0 Å². The predicted molar refractivity (Wildman–Crippen MR) is 85.7 cm³/mol. The molecule has 0 heterocycles. The molecule has 2 nitrogen and oxygen atoms in total. The van der Waals surface area contributed by atoms with E-state index in [9.17, 15) is 5.11 Å². The van der Waals surface area contributed by atoms with Crippen molar-refractivity contribution in [3.8, 4) is 0 Å². The van der Waals surface area contributed by atoms with Crippen molar-refractivity contribution in [3.05, 3.63) is 23.3 Å². The second kappa shape index (κ2) is 4.45. The average molecular weight is 287 g/mol. The zero-order valence-corrected chi connectivity index (χ0v) is 13.4. The summed E-state index contributed by atoms with van der Waals surface area (Å²) in [4.78, 5) is 0. The maximum Gasteiger partial charge on any atom is 0.0599 e. The first-order chi connectivity index (χ1) is 9.95. The van der Waals surface area contributed by atoms with Gasteiger partial charge in [0.15, 0.2) is 0 Å². The third kappa shape index (κ3) is 1.78. The maximum atomic E-state index is 10.5. The topological polar surface area (TPSA) is 46.2 Å². The second-order valence-electron chi connectivity index (χ2n) is 8.43. The van der Waals surface area contributed by atoms with E-state index >= 15 is 0 Å². The maximum absolute atomic E-state index is 10.5. The summed E-state index contributed by atoms with van der Waals surface area (Å²) in [5, 5.41) is 10.5. The minimum Gasteiger partial charge on any atom is -0.393 e. The first-order valence-corrected chi connectivity index (χ1v) is 8.80. The molecule has 0 bridgehead atoms. The SMILES string of the molecule is C[C@]12C=CC(N)CC1CCC1=C2CC[C@]2(C)C(O)CC[C@@H]12. The Hall–Kier alpha value is -0.600. The quantitative estimate of drug-likeness (QED) is 0.669. The summed E-state index contributed by atoms with van der Waals surface area (Å²) < 4.78 is 0. The number of hydrogen-bond donors (Lipinski definition) is 2. The summed E-state index contributed by atoms with van der Waals surface area (Å²) in [5.74, 6) is 1.37. The molecular formula is C19H29NO. The molecule has 0 aromatic heterocycles. The number of hydrogen-bond acceptors (Lipinski definition) is 2. The van der Waals surface area contributed by atoms with E-state index in [-0.39, 0.29) is 23.0 Å². The third-order valence-electron chi connectivity index (χ3n) is 7.51. The molecule has 0 radical (unpaired) electrons. The van der Waals surface area contributed by atoms with Gasteiger partial charge in [-0.05, 0) is 56.8 Å². The lowest BCUT2D eigenvalue weighted by Gasteiger charge is -2.52. The molecule has 0 aromatic rings. The van der Waals surface area contributed by atoms with Crippen LogP contribution in [0.4, 0.5) is 0 Å². The fourth-order valence-corrected chi connectivity index (χ4v) is 6.04. The van der Waals surface area contributed by atoms with Gasteiger partial charge in [-0.3, -0.25) is 0 Å². The van der Waals surface area contributed by atoms with Gasteiger partial charge in [-0.25, -0.2) is 0 Å². The van der Waals surface area contributed by atoms with Gasteiger partial charge in [0.1, 0.15) is 0 Å². The molecule has 0 amide bonds. The highest BCUT2D eigenvalue weighted by Crippen LogP contribution is 2.62. The van der Waals surface area contributed by atoms with E-state index in [0.717, 1.165) is 18.8 Å². The van der Waals surface area contributed by atoms with Crippen LogP contribution in [-0.4, -0.2) is 17.3 Å². The molecule has 0 spiro atoms. The van der Waals surface area contributed by atoms with Crippen LogP contribution in [0.2, 0.25) is 0 Å². The van der Waals surface area contributed by atoms with Gasteiger partial charge in [-0.15, -0.1) is 0 Å². The monoisotopic (exact) mass is 287 g/mol. The minimum atomic E-state index is -0.0857. The number of rotatable bonds is 0. The Morgan fingerprint density at radius 3 is 2.81 bits per heavy atom. The van der Waals surface area contributed by atoms with E-state index in [1.807, 2.05) is 0 Å². The minimum absolute atomic E-state index is 0.0857. The van der Waals surface area contributed by atoms with Crippen LogP contribution in [0.3, 0.4) is 0 Å². The van der Waals surface area contributed by atoms with Crippen molar-refractivity contribution in [3.63, 3.8) is 0 Å². The molecule has 4 rings (SSSR count). The van der Waals surface area contributed by atoms with Gasteiger partial charge in [0, 0.05) is 16.9 Å². The van der Waals surface area contributed by atoms with Crippen LogP contribution in [-0.2, 0) is 0 Å². The summed E-state index contributed by atoms with van der Waals surface area (Å²) in [6.45, 7) is 4.78. The number of fused-ring (bicyclic) bond motifs is 4. The van der Waals surface area contributed by atoms with Crippen molar-refractivity contribution in [2.24, 2.45) is 28.4 Å². The lowest BCUT2D eigenvalue weighted by molar-refractivity contribution is 0.0285. The molecule has 3 unspecified atom stereocenters. The Kier molecular flexibility index (Phi) is 2.97. The Morgan fingerprint density at radius 2 is 2.00 bits per heavy atom. The molecule has 0 aromatic carbocycles. The first-order valence-electron chi connectivity index (χ1n) is 8.80. The average Bonchev–Trinajstić information content (AvgIpc) is 2.76. The van der Waals surface area contributed by atoms with Gasteiger partial charge < -0.3 is 10.8 Å². The van der Waals surface area contributed by atoms with E-state index < -0.39 is 0 Å². The van der Waals surface area contributed by atoms with Crippen LogP contribution in [0, 0.1) is 22.7 Å². The lowest BCUT2D eigenvalue weighted by atomic mass is 9.53. The molecule has 2 heteroatoms. The summed E-state index contributed by atoms with van der Waals surface area (Å²) in [7, 11) is 0. The van der Waals surface area contributed by atoms with Crippen LogP contribution in [0.1, 0.15) is 58.8 Å². The first kappa shape index (κ1) is 14.0. The molecule has 0 saturated heterocycles. The van der Waals surface area contributed by atoms with E-state index in [4.69, 9.17) is 5.73 Å². The van der Waals surface area contributed by atoms with Crippen molar-refractivity contribution in [2.75, 3.05) is 0 Å². The summed E-state index contributed by atoms with van der Waals surface area (Å²) in [5.41, 5.74) is 10.00. The molecule has 21 heavy (non-hydrogen) atoms. The van der Waals surface area contributed by atoms with Crippen LogP contribution in [0.5, 0.6) is 0 Å². The Balaban J connectivity index is 1.78. The van der Waals surface area contributed by atoms with Crippen LogP contribution >= 0.6 is 0 Å². The van der Waals surface area contributed by atoms with Crippen molar-refractivity contribution in [2.45, 2.75) is 70.9 Å². The van der Waals surface area contributed by atoms with E-state index in [2.05, 4.69) is 26.0 Å². The zero-order valence-electron chi connectivity index (χ0n) is 13.4. The predicted octanol–water partition coefficient (Wildman–Crippen LogP) is 3.56. The smallest absolute Gasteiger partial charge is 0.0599 e. The highest BCUT2D eigenvalue weighted by atomic mass is 16.3. The summed E-state index contributed by atoms with van der Waals surface area (Å²) >= 11 is 0. The molecule has 116 valence electrons. The summed E-state index contributed by atoms with van der Waals surface area (Å²) in [6.07, 6.45) is 12.8. The highest BCUT2D eigenvalue weighted by molar-refractivity contribution is 5.38. The van der Waals surface area contributed by atoms with Gasteiger partial charge in [-0.1, -0.05) is 37.1 Å². The van der Waals surface area contributed by atoms with Gasteiger partial charge in [0.05, 0.1) is 6.10 Å². The van der Waals surface area contributed by atoms with Gasteiger partial charge in [0.25, 0.3) is 0 Å². The number of aliphatic hydroxyl groups is 1. The van der Waals surface area contributed by atoms with E-state index in [1.165, 1.54) is 32.1 Å². The Morgan fingerprint density at radius 1 is 1.19 bits per heavy atom. The largest absolute Gasteiger partial charge is 0.393 e. The van der Waals surface area contributed by atoms with Crippen LogP contribution in [0.15, 0.2) is 23.3 Å². The number of allylic oxidation sites excluding steroid dienone is 3. The molecule has 3 N–H and O–H groups in total. The van der Waals surface area contributed by atoms with Crippen molar-refractivity contribution in [1.82, 2.24) is 0 Å². The number of nitrogens with two attached hydrogens (primary N) is 1. The lowest BCUT2D eigenvalue weighted by Crippen LogP contribution is -2.45. The van der Waals surface area contributed by atoms with Crippen molar-refractivity contribution < 1.29 is 5.11 Å². The molecule has 0 aliphatic heterocycles. The normalized spacial score (nSPS) is 52.4. The molecular weight excluding hydrogens is 258 g/mol. The van der Waals surface area contributed by atoms with E-state index in [0.29, 0.717) is 5.92 Å². The molecule has 4 aliphatic rings. The Labute approximate surface area is 128 Å². The van der Waals surface area contributed by atoms with Crippen molar-refractivity contribution in [1.29, 1.82) is 0 Å². The third-order valence-corrected chi connectivity index (χ3v) is 7.51. The van der Waals surface area contributed by atoms with E-state index in [1.54, 1.807) is 11.1 Å². The molecule has 6 atom stereocenters. The molecule has 1 fully saturated rings. The standard InChI is InChI=1S/C19H29NO/c1-18-9-7-13(20)11-12(18)3-4-14-15-5-6-17(21)19(15,2)10-8-16(14)18/h7,9,12-13,15,17,21H,3-6,8,10-11,20H2,1-2H3/t12?,13?,15-,17?,18-,19-/m0/s1. The Bertz CT molecular complexity index is 522. The fourth-order valence-electron chi connectivity index (χ4n) is 6.04. The van der Waals surface area contributed by atoms with Crippen molar-refractivity contribution >= 4 is 0 Å². The van der Waals surface area contributed by atoms with Crippen LogP contribution in [0.25, 0.3) is 0 Å². The van der Waals surface area contributed by atoms with Gasteiger partial charge in [-0.2, -0.15) is 0 Å². The second-order valence-corrected chi connectivity index (χ2v) is 8.43. The summed E-state index contributed by atoms with van der Waals surface area (Å²) in [6, 6.07) is 0.257.